The van der Waals surface area contributed by atoms with Crippen molar-refractivity contribution in [1.29, 1.82) is 0 Å². The third-order valence-corrected chi connectivity index (χ3v) is 2.70. The number of ether oxygens (including phenoxy) is 1. The average Bonchev–Trinajstić information content (AvgIpc) is 2.38. The molecule has 0 aromatic heterocycles. The molecule has 2 aromatic carbocycles. The van der Waals surface area contributed by atoms with Crippen LogP contribution in [0.4, 0.5) is 5.69 Å². The van der Waals surface area contributed by atoms with Crippen LogP contribution in [0.25, 0.3) is 0 Å². The monoisotopic (exact) mass is 229 g/mol. The van der Waals surface area contributed by atoms with Crippen molar-refractivity contribution in [3.05, 3.63) is 59.7 Å². The third-order valence-electron chi connectivity index (χ3n) is 2.70. The summed E-state index contributed by atoms with van der Waals surface area (Å²) in [6, 6.07) is 14.6. The van der Waals surface area contributed by atoms with Gasteiger partial charge in [0.05, 0.1) is 7.11 Å². The molecule has 0 saturated heterocycles. The van der Waals surface area contributed by atoms with Gasteiger partial charge >= 0.3 is 0 Å². The molecule has 0 radical (unpaired) electrons. The molecule has 2 rings (SSSR count). The second kappa shape index (κ2) is 4.89. The number of hydrogen-bond acceptors (Lipinski definition) is 3. The highest BCUT2D eigenvalue weighted by Gasteiger charge is 2.13. The number of nitrogens with two attached hydrogens (primary N) is 1. The van der Waals surface area contributed by atoms with E-state index in [0.29, 0.717) is 11.3 Å². The minimum Gasteiger partial charge on any atom is -0.497 e. The first-order valence-corrected chi connectivity index (χ1v) is 5.39. The summed E-state index contributed by atoms with van der Waals surface area (Å²) >= 11 is 0. The van der Waals surface area contributed by atoms with Gasteiger partial charge in [-0.05, 0) is 23.8 Å². The van der Waals surface area contributed by atoms with Crippen LogP contribution in [0.5, 0.6) is 5.75 Å². The van der Waals surface area contributed by atoms with E-state index >= 15 is 0 Å². The van der Waals surface area contributed by atoms with Gasteiger partial charge in [-0.2, -0.15) is 0 Å². The highest BCUT2D eigenvalue weighted by atomic mass is 16.5. The van der Waals surface area contributed by atoms with E-state index in [1.54, 1.807) is 19.2 Å². The molecule has 0 heterocycles. The minimum absolute atomic E-state index is 0.586. The summed E-state index contributed by atoms with van der Waals surface area (Å²) in [4.78, 5) is 0. The highest BCUT2D eigenvalue weighted by molar-refractivity contribution is 5.50. The Labute approximate surface area is 100 Å². The van der Waals surface area contributed by atoms with Gasteiger partial charge in [0, 0.05) is 11.3 Å². The Morgan fingerprint density at radius 2 is 1.88 bits per heavy atom. The highest BCUT2D eigenvalue weighted by Crippen LogP contribution is 2.28. The van der Waals surface area contributed by atoms with Gasteiger partial charge in [0.2, 0.25) is 0 Å². The number of nitrogen functional groups attached to an aromatic ring is 1. The van der Waals surface area contributed by atoms with Crippen LogP contribution in [-0.4, -0.2) is 12.2 Å². The second-order valence-corrected chi connectivity index (χ2v) is 3.81. The van der Waals surface area contributed by atoms with Crippen LogP contribution in [0.15, 0.2) is 48.5 Å². The summed E-state index contributed by atoms with van der Waals surface area (Å²) in [6.07, 6.45) is -0.730. The molecule has 3 nitrogen and oxygen atoms in total. The average molecular weight is 229 g/mol. The Kier molecular flexibility index (Phi) is 3.30. The van der Waals surface area contributed by atoms with Gasteiger partial charge in [-0.1, -0.05) is 30.3 Å². The normalized spacial score (nSPS) is 12.1. The lowest BCUT2D eigenvalue weighted by Crippen LogP contribution is -2.03. The van der Waals surface area contributed by atoms with Crippen LogP contribution in [0.1, 0.15) is 17.2 Å². The van der Waals surface area contributed by atoms with Crippen LogP contribution in [0.3, 0.4) is 0 Å². The van der Waals surface area contributed by atoms with Crippen molar-refractivity contribution in [2.24, 2.45) is 0 Å². The summed E-state index contributed by atoms with van der Waals surface area (Å²) in [5.41, 5.74) is 7.90. The van der Waals surface area contributed by atoms with E-state index in [1.165, 1.54) is 0 Å². The zero-order chi connectivity index (χ0) is 12.3. The van der Waals surface area contributed by atoms with Gasteiger partial charge < -0.3 is 15.6 Å². The number of para-hydroxylation sites is 1. The van der Waals surface area contributed by atoms with Crippen LogP contribution >= 0.6 is 0 Å². The van der Waals surface area contributed by atoms with Gasteiger partial charge in [-0.3, -0.25) is 0 Å². The maximum Gasteiger partial charge on any atom is 0.119 e. The van der Waals surface area contributed by atoms with Crippen LogP contribution in [-0.2, 0) is 0 Å². The maximum absolute atomic E-state index is 10.3. The lowest BCUT2D eigenvalue weighted by Gasteiger charge is -2.14. The Morgan fingerprint density at radius 1 is 1.12 bits per heavy atom. The molecule has 0 bridgehead atoms. The lowest BCUT2D eigenvalue weighted by atomic mass is 10.00. The molecule has 0 aliphatic rings. The number of anilines is 1. The number of benzene rings is 2. The summed E-state index contributed by atoms with van der Waals surface area (Å²) in [5.74, 6) is 0.719. The van der Waals surface area contributed by atoms with Crippen molar-refractivity contribution in [2.45, 2.75) is 6.10 Å². The van der Waals surface area contributed by atoms with Gasteiger partial charge in [-0.15, -0.1) is 0 Å². The molecular formula is C14H15NO2. The standard InChI is InChI=1S/C14H15NO2/c1-17-11-6-4-5-10(9-11)14(16)12-7-2-3-8-13(12)15/h2-9,14,16H,15H2,1H3. The van der Waals surface area contributed by atoms with Gasteiger partial charge in [0.1, 0.15) is 11.9 Å². The fraction of sp³-hybridized carbons (Fsp3) is 0.143. The number of hydrogen-bond donors (Lipinski definition) is 2. The molecule has 3 heteroatoms. The Bertz CT molecular complexity index is 511. The van der Waals surface area contributed by atoms with Crippen molar-refractivity contribution < 1.29 is 9.84 Å². The smallest absolute Gasteiger partial charge is 0.119 e. The van der Waals surface area contributed by atoms with Gasteiger partial charge in [0.15, 0.2) is 0 Å². The Morgan fingerprint density at radius 3 is 2.59 bits per heavy atom. The molecular weight excluding hydrogens is 214 g/mol. The van der Waals surface area contributed by atoms with Crippen molar-refractivity contribution in [3.63, 3.8) is 0 Å². The van der Waals surface area contributed by atoms with Crippen molar-refractivity contribution in [3.8, 4) is 5.75 Å². The number of methoxy groups -OCH3 is 1. The number of aliphatic hydroxyl groups excluding tert-OH is 1. The molecule has 0 spiro atoms. The molecule has 3 N–H and O–H groups in total. The second-order valence-electron chi connectivity index (χ2n) is 3.81. The molecule has 0 fully saturated rings. The molecule has 0 saturated carbocycles. The zero-order valence-corrected chi connectivity index (χ0v) is 9.63. The topological polar surface area (TPSA) is 55.5 Å². The number of aliphatic hydroxyl groups is 1. The van der Waals surface area contributed by atoms with Crippen molar-refractivity contribution >= 4 is 5.69 Å². The van der Waals surface area contributed by atoms with Crippen molar-refractivity contribution in [2.75, 3.05) is 12.8 Å². The van der Waals surface area contributed by atoms with Crippen LogP contribution in [0.2, 0.25) is 0 Å². The van der Waals surface area contributed by atoms with Crippen molar-refractivity contribution in [1.82, 2.24) is 0 Å². The molecule has 1 atom stereocenters. The third kappa shape index (κ3) is 2.40. The fourth-order valence-electron chi connectivity index (χ4n) is 1.75. The van der Waals surface area contributed by atoms with E-state index in [9.17, 15) is 5.11 Å². The summed E-state index contributed by atoms with van der Waals surface area (Å²) < 4.78 is 5.13. The quantitative estimate of drug-likeness (QED) is 0.794. The van der Waals surface area contributed by atoms with E-state index in [1.807, 2.05) is 36.4 Å². The van der Waals surface area contributed by atoms with Crippen LogP contribution < -0.4 is 10.5 Å². The maximum atomic E-state index is 10.3. The molecule has 2 aromatic rings. The predicted octanol–water partition coefficient (Wildman–Crippen LogP) is 2.36. The number of rotatable bonds is 3. The van der Waals surface area contributed by atoms with Gasteiger partial charge in [-0.25, -0.2) is 0 Å². The summed E-state index contributed by atoms with van der Waals surface area (Å²) in [5, 5.41) is 10.3. The van der Waals surface area contributed by atoms with Crippen LogP contribution in [0, 0.1) is 0 Å². The van der Waals surface area contributed by atoms with E-state index in [4.69, 9.17) is 10.5 Å². The first-order valence-electron chi connectivity index (χ1n) is 5.39. The molecule has 0 amide bonds. The molecule has 1 unspecified atom stereocenters. The zero-order valence-electron chi connectivity index (χ0n) is 9.63. The Balaban J connectivity index is 2.37. The van der Waals surface area contributed by atoms with E-state index in [2.05, 4.69) is 0 Å². The first-order chi connectivity index (χ1) is 8.22. The first kappa shape index (κ1) is 11.5. The summed E-state index contributed by atoms with van der Waals surface area (Å²) in [6.45, 7) is 0. The van der Waals surface area contributed by atoms with E-state index in [0.717, 1.165) is 11.3 Å². The minimum atomic E-state index is -0.730. The largest absolute Gasteiger partial charge is 0.497 e. The summed E-state index contributed by atoms with van der Waals surface area (Å²) in [7, 11) is 1.60. The lowest BCUT2D eigenvalue weighted by molar-refractivity contribution is 0.220. The molecule has 88 valence electrons. The molecule has 0 aliphatic carbocycles. The predicted molar refractivity (Wildman–Crippen MR) is 67.9 cm³/mol. The van der Waals surface area contributed by atoms with E-state index < -0.39 is 6.10 Å². The van der Waals surface area contributed by atoms with E-state index in [-0.39, 0.29) is 0 Å². The fourth-order valence-corrected chi connectivity index (χ4v) is 1.75. The molecule has 17 heavy (non-hydrogen) atoms. The van der Waals surface area contributed by atoms with Gasteiger partial charge in [0.25, 0.3) is 0 Å². The Hall–Kier alpha value is -2.00. The molecule has 0 aliphatic heterocycles. The SMILES string of the molecule is COc1cccc(C(O)c2ccccc2N)c1.